The summed E-state index contributed by atoms with van der Waals surface area (Å²) in [4.78, 5) is 11.8. The van der Waals surface area contributed by atoms with Crippen LogP contribution in [0.4, 0.5) is 0 Å². The van der Waals surface area contributed by atoms with Gasteiger partial charge in [-0.15, -0.1) is 0 Å². The first-order valence-electron chi connectivity index (χ1n) is 6.41. The predicted octanol–water partition coefficient (Wildman–Crippen LogP) is 3.34. The van der Waals surface area contributed by atoms with Crippen molar-refractivity contribution in [3.8, 4) is 0 Å². The van der Waals surface area contributed by atoms with Crippen molar-refractivity contribution in [3.63, 3.8) is 0 Å². The summed E-state index contributed by atoms with van der Waals surface area (Å²) in [6, 6.07) is 0. The second-order valence-electron chi connectivity index (χ2n) is 5.87. The van der Waals surface area contributed by atoms with Crippen LogP contribution in [0, 0.1) is 23.2 Å². The third-order valence-electron chi connectivity index (χ3n) is 4.62. The van der Waals surface area contributed by atoms with E-state index in [1.807, 2.05) is 13.8 Å². The highest BCUT2D eigenvalue weighted by Gasteiger charge is 2.52. The molecule has 1 saturated heterocycles. The number of fused-ring (bicyclic) bond motifs is 1. The molecule has 0 saturated carbocycles. The van der Waals surface area contributed by atoms with E-state index in [4.69, 9.17) is 4.74 Å². The second kappa shape index (κ2) is 4.01. The zero-order valence-corrected chi connectivity index (χ0v) is 11.4. The summed E-state index contributed by atoms with van der Waals surface area (Å²) in [5.41, 5.74) is 1.41. The number of rotatable bonds is 1. The minimum atomic E-state index is -0.0492. The molecule has 0 aromatic heterocycles. The summed E-state index contributed by atoms with van der Waals surface area (Å²) < 4.78 is 5.41. The molecule has 0 unspecified atom stereocenters. The van der Waals surface area contributed by atoms with Crippen LogP contribution in [0.25, 0.3) is 0 Å². The van der Waals surface area contributed by atoms with E-state index >= 15 is 0 Å². The number of hydrogen-bond acceptors (Lipinski definition) is 2. The number of esters is 1. The van der Waals surface area contributed by atoms with Gasteiger partial charge in [-0.1, -0.05) is 37.6 Å². The van der Waals surface area contributed by atoms with Gasteiger partial charge in [0, 0.05) is 5.92 Å². The van der Waals surface area contributed by atoms with Crippen LogP contribution >= 0.6 is 0 Å². The van der Waals surface area contributed by atoms with Gasteiger partial charge in [0.1, 0.15) is 6.10 Å². The molecule has 0 radical (unpaired) electrons. The minimum Gasteiger partial charge on any atom is -0.462 e. The lowest BCUT2D eigenvalue weighted by Crippen LogP contribution is -2.40. The quantitative estimate of drug-likeness (QED) is 0.514. The van der Waals surface area contributed by atoms with Crippen molar-refractivity contribution in [1.82, 2.24) is 0 Å². The fourth-order valence-corrected chi connectivity index (χ4v) is 3.29. The molecule has 2 nitrogen and oxygen atoms in total. The molecule has 1 aliphatic carbocycles. The van der Waals surface area contributed by atoms with Crippen LogP contribution in [0.15, 0.2) is 23.8 Å². The average molecular weight is 234 g/mol. The van der Waals surface area contributed by atoms with Gasteiger partial charge in [-0.2, -0.15) is 0 Å². The van der Waals surface area contributed by atoms with Crippen LogP contribution in [-0.4, -0.2) is 12.1 Å². The number of ether oxygens (including phenoxy) is 1. The number of carbonyl (C=O) groups is 1. The fourth-order valence-electron chi connectivity index (χ4n) is 3.29. The van der Waals surface area contributed by atoms with E-state index in [0.29, 0.717) is 5.92 Å². The maximum atomic E-state index is 11.8. The molecule has 0 bridgehead atoms. The van der Waals surface area contributed by atoms with Crippen LogP contribution in [0.1, 0.15) is 34.6 Å². The maximum Gasteiger partial charge on any atom is 0.313 e. The molecule has 0 aromatic carbocycles. The summed E-state index contributed by atoms with van der Waals surface area (Å²) in [5.74, 6) is 0.576. The van der Waals surface area contributed by atoms with Crippen molar-refractivity contribution >= 4 is 5.97 Å². The van der Waals surface area contributed by atoms with Crippen molar-refractivity contribution < 1.29 is 9.53 Å². The van der Waals surface area contributed by atoms with Gasteiger partial charge < -0.3 is 4.74 Å². The highest BCUT2D eigenvalue weighted by atomic mass is 16.6. The van der Waals surface area contributed by atoms with Crippen molar-refractivity contribution in [1.29, 1.82) is 0 Å². The Balaban J connectivity index is 2.49. The zero-order chi connectivity index (χ0) is 12.8. The Morgan fingerprint density at radius 3 is 2.65 bits per heavy atom. The van der Waals surface area contributed by atoms with Gasteiger partial charge in [0.15, 0.2) is 0 Å². The molecule has 0 N–H and O–H groups in total. The normalized spacial score (nSPS) is 40.1. The summed E-state index contributed by atoms with van der Waals surface area (Å²) >= 11 is 0. The molecule has 94 valence electrons. The van der Waals surface area contributed by atoms with E-state index in [2.05, 4.69) is 39.0 Å². The highest BCUT2D eigenvalue weighted by molar-refractivity contribution is 5.78. The van der Waals surface area contributed by atoms with Crippen LogP contribution in [0.3, 0.4) is 0 Å². The molecular weight excluding hydrogens is 212 g/mol. The Morgan fingerprint density at radius 1 is 1.41 bits per heavy atom. The minimum absolute atomic E-state index is 0.0253. The van der Waals surface area contributed by atoms with E-state index in [1.165, 1.54) is 5.57 Å². The van der Waals surface area contributed by atoms with Crippen LogP contribution < -0.4 is 0 Å². The number of hydrogen-bond donors (Lipinski definition) is 0. The third kappa shape index (κ3) is 1.74. The Morgan fingerprint density at radius 2 is 2.06 bits per heavy atom. The van der Waals surface area contributed by atoms with Gasteiger partial charge in [-0.3, -0.25) is 4.79 Å². The number of allylic oxidation sites excluding steroid dienone is 3. The van der Waals surface area contributed by atoms with Crippen LogP contribution in [0.5, 0.6) is 0 Å². The largest absolute Gasteiger partial charge is 0.462 e. The molecule has 1 heterocycles. The Hall–Kier alpha value is -1.05. The highest BCUT2D eigenvalue weighted by Crippen LogP contribution is 2.51. The maximum absolute atomic E-state index is 11.8. The van der Waals surface area contributed by atoms with Gasteiger partial charge >= 0.3 is 5.97 Å². The zero-order valence-electron chi connectivity index (χ0n) is 11.4. The van der Waals surface area contributed by atoms with Crippen LogP contribution in [0.2, 0.25) is 0 Å². The smallest absolute Gasteiger partial charge is 0.313 e. The first-order chi connectivity index (χ1) is 7.89. The molecule has 0 amide bonds. The molecular formula is C15H22O2. The van der Waals surface area contributed by atoms with Crippen molar-refractivity contribution in [3.05, 3.63) is 23.8 Å². The van der Waals surface area contributed by atoms with E-state index in [1.54, 1.807) is 0 Å². The molecule has 2 heteroatoms. The lowest BCUT2D eigenvalue weighted by atomic mass is 9.59. The molecule has 0 spiro atoms. The van der Waals surface area contributed by atoms with E-state index in [9.17, 15) is 4.79 Å². The Labute approximate surface area is 104 Å². The molecule has 0 aromatic rings. The molecule has 2 rings (SSSR count). The average Bonchev–Trinajstić information content (AvgIpc) is 2.50. The molecule has 4 atom stereocenters. The summed E-state index contributed by atoms with van der Waals surface area (Å²) in [5, 5.41) is 0. The first-order valence-corrected chi connectivity index (χ1v) is 6.41. The van der Waals surface area contributed by atoms with Crippen molar-refractivity contribution in [2.24, 2.45) is 23.2 Å². The summed E-state index contributed by atoms with van der Waals surface area (Å²) in [7, 11) is 0. The van der Waals surface area contributed by atoms with E-state index in [0.717, 1.165) is 0 Å². The molecule has 17 heavy (non-hydrogen) atoms. The van der Waals surface area contributed by atoms with Gasteiger partial charge in [-0.05, 0) is 32.1 Å². The van der Waals surface area contributed by atoms with Gasteiger partial charge in [-0.25, -0.2) is 0 Å². The summed E-state index contributed by atoms with van der Waals surface area (Å²) in [6.45, 7) is 10.7. The monoisotopic (exact) mass is 234 g/mol. The van der Waals surface area contributed by atoms with Crippen LogP contribution in [-0.2, 0) is 9.53 Å². The van der Waals surface area contributed by atoms with E-state index < -0.39 is 0 Å². The van der Waals surface area contributed by atoms with Crippen molar-refractivity contribution in [2.75, 3.05) is 0 Å². The lowest BCUT2D eigenvalue weighted by molar-refractivity contribution is -0.142. The third-order valence-corrected chi connectivity index (χ3v) is 4.62. The fraction of sp³-hybridized carbons (Fsp3) is 0.667. The van der Waals surface area contributed by atoms with E-state index in [-0.39, 0.29) is 29.3 Å². The number of carbonyl (C=O) groups excluding carboxylic acids is 1. The molecule has 1 aliphatic heterocycles. The molecule has 2 aliphatic rings. The SMILES string of the molecule is C/C=C/[C@@H]1[C@@H]2[C@@H](C)OC(=O)[C@@H]2C=C(C)C1(C)C. The van der Waals surface area contributed by atoms with Gasteiger partial charge in [0.05, 0.1) is 5.92 Å². The topological polar surface area (TPSA) is 26.3 Å². The lowest BCUT2D eigenvalue weighted by Gasteiger charge is -2.43. The van der Waals surface area contributed by atoms with Gasteiger partial charge in [0.25, 0.3) is 0 Å². The Kier molecular flexibility index (Phi) is 2.92. The van der Waals surface area contributed by atoms with Gasteiger partial charge in [0.2, 0.25) is 0 Å². The standard InChI is InChI=1S/C15H22O2/c1-6-7-12-13-10(3)17-14(16)11(13)8-9(2)15(12,4)5/h6-8,10-13H,1-5H3/b7-6+/t10-,11-,12-,13-/m1/s1. The number of cyclic esters (lactones) is 1. The molecule has 1 fully saturated rings. The first kappa shape index (κ1) is 12.4. The summed E-state index contributed by atoms with van der Waals surface area (Å²) in [6.07, 6.45) is 6.48. The second-order valence-corrected chi connectivity index (χ2v) is 5.87. The predicted molar refractivity (Wildman–Crippen MR) is 68.4 cm³/mol. The Bertz CT molecular complexity index is 390. The van der Waals surface area contributed by atoms with Crippen molar-refractivity contribution in [2.45, 2.75) is 40.7 Å².